The molecule has 1 N–H and O–H groups in total. The van der Waals surface area contributed by atoms with Crippen LogP contribution in [0.5, 0.6) is 5.75 Å². The first kappa shape index (κ1) is 16.3. The zero-order chi connectivity index (χ0) is 15.2. The Balaban J connectivity index is 2.17. The molecule has 0 amide bonds. The third kappa shape index (κ3) is 4.46. The van der Waals surface area contributed by atoms with Crippen molar-refractivity contribution < 1.29 is 4.74 Å². The van der Waals surface area contributed by atoms with E-state index in [4.69, 9.17) is 4.74 Å². The lowest BCUT2D eigenvalue weighted by Gasteiger charge is -2.15. The third-order valence-electron chi connectivity index (χ3n) is 3.27. The summed E-state index contributed by atoms with van der Waals surface area (Å²) in [7, 11) is 1.98. The van der Waals surface area contributed by atoms with Crippen molar-refractivity contribution in [1.29, 1.82) is 0 Å². The van der Waals surface area contributed by atoms with Crippen molar-refractivity contribution in [3.63, 3.8) is 0 Å². The summed E-state index contributed by atoms with van der Waals surface area (Å²) in [5.41, 5.74) is 3.60. The van der Waals surface area contributed by atoms with E-state index >= 15 is 0 Å². The number of benzene rings is 1. The van der Waals surface area contributed by atoms with Gasteiger partial charge in [0, 0.05) is 28.4 Å². The molecule has 5 heteroatoms. The number of aryl methyl sites for hydroxylation is 1. The van der Waals surface area contributed by atoms with Crippen LogP contribution in [-0.4, -0.2) is 18.6 Å². The number of ether oxygens (including phenoxy) is 1. The highest BCUT2D eigenvalue weighted by atomic mass is 32.2. The Morgan fingerprint density at radius 1 is 1.43 bits per heavy atom. The molecule has 0 fully saturated rings. The molecule has 0 aliphatic heterocycles. The van der Waals surface area contributed by atoms with Crippen molar-refractivity contribution >= 4 is 23.1 Å². The molecule has 1 aromatic carbocycles. The second kappa shape index (κ2) is 7.82. The highest BCUT2D eigenvalue weighted by Gasteiger charge is 2.10. The fraction of sp³-hybridized carbons (Fsp3) is 0.438. The van der Waals surface area contributed by atoms with Crippen LogP contribution in [0.1, 0.15) is 36.7 Å². The minimum absolute atomic E-state index is 0.339. The molecule has 2 aromatic rings. The van der Waals surface area contributed by atoms with Crippen molar-refractivity contribution in [2.24, 2.45) is 0 Å². The van der Waals surface area contributed by atoms with E-state index < -0.39 is 0 Å². The molecule has 3 nitrogen and oxygen atoms in total. The van der Waals surface area contributed by atoms with Crippen LogP contribution in [0.2, 0.25) is 0 Å². The van der Waals surface area contributed by atoms with E-state index in [-0.39, 0.29) is 0 Å². The summed E-state index contributed by atoms with van der Waals surface area (Å²) < 4.78 is 6.86. The molecule has 114 valence electrons. The molecule has 0 aliphatic carbocycles. The Labute approximate surface area is 135 Å². The van der Waals surface area contributed by atoms with Gasteiger partial charge in [-0.25, -0.2) is 4.98 Å². The van der Waals surface area contributed by atoms with Gasteiger partial charge in [0.05, 0.1) is 6.61 Å². The van der Waals surface area contributed by atoms with Crippen molar-refractivity contribution in [3.05, 3.63) is 40.4 Å². The zero-order valence-electron chi connectivity index (χ0n) is 13.0. The molecule has 0 spiro atoms. The number of hydrogen-bond donors (Lipinski definition) is 1. The molecule has 21 heavy (non-hydrogen) atoms. The van der Waals surface area contributed by atoms with E-state index in [0.29, 0.717) is 12.6 Å². The van der Waals surface area contributed by atoms with Gasteiger partial charge in [0.1, 0.15) is 10.1 Å². The first-order valence-electron chi connectivity index (χ1n) is 7.11. The van der Waals surface area contributed by atoms with E-state index in [1.54, 1.807) is 23.1 Å². The summed E-state index contributed by atoms with van der Waals surface area (Å²) in [5.74, 6) is 1.86. The Kier molecular flexibility index (Phi) is 6.08. The van der Waals surface area contributed by atoms with E-state index in [1.807, 2.05) is 20.9 Å². The van der Waals surface area contributed by atoms with Gasteiger partial charge in [-0.3, -0.25) is 0 Å². The standard InChI is InChI=1S/C16H22N2OS2/c1-5-19-15-7-6-13(12(3)17-4)8-14(15)10-21-16-18-11(2)9-20-16/h6-9,12,17H,5,10H2,1-4H3. The molecule has 0 radical (unpaired) electrons. The maximum absolute atomic E-state index is 5.75. The SMILES string of the molecule is CCOc1ccc(C(C)NC)cc1CSc1nc(C)cs1. The lowest BCUT2D eigenvalue weighted by atomic mass is 10.1. The Hall–Kier alpha value is -1.04. The largest absolute Gasteiger partial charge is 0.494 e. The average molecular weight is 322 g/mol. The van der Waals surface area contributed by atoms with Gasteiger partial charge >= 0.3 is 0 Å². The summed E-state index contributed by atoms with van der Waals surface area (Å²) in [6.45, 7) is 6.90. The number of nitrogens with one attached hydrogen (secondary N) is 1. The van der Waals surface area contributed by atoms with Crippen molar-refractivity contribution in [3.8, 4) is 5.75 Å². The predicted octanol–water partition coefficient (Wildman–Crippen LogP) is 4.42. The van der Waals surface area contributed by atoms with Gasteiger partial charge in [-0.2, -0.15) is 0 Å². The smallest absolute Gasteiger partial charge is 0.150 e. The second-order valence-corrected chi connectivity index (χ2v) is 6.93. The molecule has 2 rings (SSSR count). The fourth-order valence-corrected chi connectivity index (χ4v) is 3.81. The zero-order valence-corrected chi connectivity index (χ0v) is 14.6. The van der Waals surface area contributed by atoms with Crippen LogP contribution in [0, 0.1) is 6.92 Å². The molecule has 1 atom stereocenters. The van der Waals surface area contributed by atoms with Gasteiger partial charge in [-0.15, -0.1) is 11.3 Å². The second-order valence-electron chi connectivity index (χ2n) is 4.85. The highest BCUT2D eigenvalue weighted by molar-refractivity contribution is 8.00. The number of rotatable bonds is 7. The van der Waals surface area contributed by atoms with Gasteiger partial charge in [0.2, 0.25) is 0 Å². The summed E-state index contributed by atoms with van der Waals surface area (Å²) >= 11 is 3.47. The Bertz CT molecular complexity index is 583. The van der Waals surface area contributed by atoms with E-state index in [1.165, 1.54) is 11.1 Å². The fourth-order valence-electron chi connectivity index (χ4n) is 1.98. The quantitative estimate of drug-likeness (QED) is 0.765. The van der Waals surface area contributed by atoms with Gasteiger partial charge in [0.15, 0.2) is 0 Å². The molecule has 0 saturated carbocycles. The van der Waals surface area contributed by atoms with Crippen LogP contribution in [0.4, 0.5) is 0 Å². The average Bonchev–Trinajstić information content (AvgIpc) is 2.91. The Morgan fingerprint density at radius 3 is 2.86 bits per heavy atom. The van der Waals surface area contributed by atoms with E-state index in [0.717, 1.165) is 21.5 Å². The molecule has 1 heterocycles. The predicted molar refractivity (Wildman–Crippen MR) is 91.5 cm³/mol. The van der Waals surface area contributed by atoms with Crippen LogP contribution >= 0.6 is 23.1 Å². The minimum Gasteiger partial charge on any atom is -0.494 e. The summed E-state index contributed by atoms with van der Waals surface area (Å²) in [6.07, 6.45) is 0. The van der Waals surface area contributed by atoms with E-state index in [2.05, 4.69) is 40.8 Å². The van der Waals surface area contributed by atoms with Crippen molar-refractivity contribution in [2.45, 2.75) is 36.9 Å². The molecule has 0 aliphatic rings. The molecule has 1 unspecified atom stereocenters. The first-order chi connectivity index (χ1) is 10.1. The normalized spacial score (nSPS) is 12.4. The first-order valence-corrected chi connectivity index (χ1v) is 8.98. The lowest BCUT2D eigenvalue weighted by Crippen LogP contribution is -2.12. The van der Waals surface area contributed by atoms with Crippen LogP contribution in [0.3, 0.4) is 0 Å². The number of aromatic nitrogens is 1. The van der Waals surface area contributed by atoms with Gasteiger partial charge in [-0.05, 0) is 45.5 Å². The monoisotopic (exact) mass is 322 g/mol. The van der Waals surface area contributed by atoms with Gasteiger partial charge in [0.25, 0.3) is 0 Å². The molecule has 0 saturated heterocycles. The third-order valence-corrected chi connectivity index (χ3v) is 5.45. The topological polar surface area (TPSA) is 34.1 Å². The number of nitrogens with zero attached hydrogens (tertiary/aromatic N) is 1. The number of thiazole rings is 1. The number of hydrogen-bond acceptors (Lipinski definition) is 5. The summed E-state index contributed by atoms with van der Waals surface area (Å²) in [4.78, 5) is 4.50. The summed E-state index contributed by atoms with van der Waals surface area (Å²) in [6, 6.07) is 6.79. The molecule has 1 aromatic heterocycles. The van der Waals surface area contributed by atoms with Crippen LogP contribution in [0.25, 0.3) is 0 Å². The van der Waals surface area contributed by atoms with E-state index in [9.17, 15) is 0 Å². The lowest BCUT2D eigenvalue weighted by molar-refractivity contribution is 0.337. The maximum atomic E-state index is 5.75. The highest BCUT2D eigenvalue weighted by Crippen LogP contribution is 2.31. The molecular formula is C16H22N2OS2. The molecular weight excluding hydrogens is 300 g/mol. The van der Waals surface area contributed by atoms with Crippen LogP contribution in [0.15, 0.2) is 27.9 Å². The minimum atomic E-state index is 0.339. The van der Waals surface area contributed by atoms with Gasteiger partial charge < -0.3 is 10.1 Å². The number of thioether (sulfide) groups is 1. The van der Waals surface area contributed by atoms with Crippen LogP contribution in [-0.2, 0) is 5.75 Å². The van der Waals surface area contributed by atoms with Crippen LogP contribution < -0.4 is 10.1 Å². The molecule has 0 bridgehead atoms. The van der Waals surface area contributed by atoms with Crippen molar-refractivity contribution in [1.82, 2.24) is 10.3 Å². The van der Waals surface area contributed by atoms with Crippen molar-refractivity contribution in [2.75, 3.05) is 13.7 Å². The maximum Gasteiger partial charge on any atom is 0.150 e. The van der Waals surface area contributed by atoms with Gasteiger partial charge in [-0.1, -0.05) is 17.8 Å². The summed E-state index contributed by atoms with van der Waals surface area (Å²) in [5, 5.41) is 5.37. The Morgan fingerprint density at radius 2 is 2.24 bits per heavy atom.